The third kappa shape index (κ3) is 5.99. The highest BCUT2D eigenvalue weighted by molar-refractivity contribution is 5.92. The first-order chi connectivity index (χ1) is 11.1. The summed E-state index contributed by atoms with van der Waals surface area (Å²) in [5, 5.41) is 14.0. The average molecular weight is 314 g/mol. The van der Waals surface area contributed by atoms with E-state index in [1.165, 1.54) is 0 Å². The van der Waals surface area contributed by atoms with Gasteiger partial charge < -0.3 is 15.5 Å². The molecule has 0 aliphatic heterocycles. The minimum atomic E-state index is -0.242. The lowest BCUT2D eigenvalue weighted by Crippen LogP contribution is -2.24. The van der Waals surface area contributed by atoms with E-state index in [2.05, 4.69) is 30.7 Å². The van der Waals surface area contributed by atoms with Crippen LogP contribution in [0.2, 0.25) is 0 Å². The van der Waals surface area contributed by atoms with E-state index in [9.17, 15) is 4.79 Å². The Bertz CT molecular complexity index is 600. The van der Waals surface area contributed by atoms with Crippen molar-refractivity contribution >= 4 is 11.7 Å². The molecule has 0 spiro atoms. The molecule has 0 bridgehead atoms. The standard InChI is InChI=1S/C16H22N6O/c1-22(2)11-3-8-18-15-5-4-14(20-21-15)16(23)19-12-13-6-9-17-10-7-13/h4-7,9-10H,3,8,11-12H2,1-2H3,(H,18,21)(H,19,23). The first-order valence-corrected chi connectivity index (χ1v) is 7.54. The molecule has 0 atom stereocenters. The van der Waals surface area contributed by atoms with E-state index in [1.807, 2.05) is 26.2 Å². The smallest absolute Gasteiger partial charge is 0.272 e. The zero-order valence-corrected chi connectivity index (χ0v) is 13.5. The maximum atomic E-state index is 12.0. The second-order valence-electron chi connectivity index (χ2n) is 5.43. The predicted octanol–water partition coefficient (Wildman–Crippen LogP) is 1.17. The van der Waals surface area contributed by atoms with Gasteiger partial charge >= 0.3 is 0 Å². The van der Waals surface area contributed by atoms with E-state index in [0.29, 0.717) is 18.1 Å². The van der Waals surface area contributed by atoms with E-state index in [-0.39, 0.29) is 5.91 Å². The Morgan fingerprint density at radius 1 is 1.13 bits per heavy atom. The van der Waals surface area contributed by atoms with Crippen molar-refractivity contribution in [2.45, 2.75) is 13.0 Å². The molecule has 2 heterocycles. The summed E-state index contributed by atoms with van der Waals surface area (Å²) in [7, 11) is 4.08. The van der Waals surface area contributed by atoms with Crippen LogP contribution >= 0.6 is 0 Å². The lowest BCUT2D eigenvalue weighted by Gasteiger charge is -2.10. The first kappa shape index (κ1) is 16.8. The summed E-state index contributed by atoms with van der Waals surface area (Å²) in [5.41, 5.74) is 1.29. The van der Waals surface area contributed by atoms with Gasteiger partial charge in [0, 0.05) is 25.5 Å². The Balaban J connectivity index is 1.78. The van der Waals surface area contributed by atoms with E-state index >= 15 is 0 Å². The van der Waals surface area contributed by atoms with Crippen LogP contribution in [0.15, 0.2) is 36.7 Å². The molecule has 0 saturated heterocycles. The van der Waals surface area contributed by atoms with Crippen LogP contribution in [0.1, 0.15) is 22.5 Å². The quantitative estimate of drug-likeness (QED) is 0.712. The van der Waals surface area contributed by atoms with Gasteiger partial charge in [0.15, 0.2) is 5.69 Å². The van der Waals surface area contributed by atoms with Crippen LogP contribution in [0, 0.1) is 0 Å². The molecule has 0 fully saturated rings. The summed E-state index contributed by atoms with van der Waals surface area (Å²) in [6.07, 6.45) is 4.40. The molecule has 0 saturated carbocycles. The molecule has 2 aromatic rings. The van der Waals surface area contributed by atoms with Gasteiger partial charge in [-0.3, -0.25) is 9.78 Å². The molecule has 0 radical (unpaired) electrons. The van der Waals surface area contributed by atoms with Crippen molar-refractivity contribution in [2.75, 3.05) is 32.5 Å². The minimum absolute atomic E-state index is 0.242. The molecular weight excluding hydrogens is 292 g/mol. The average Bonchev–Trinajstić information content (AvgIpc) is 2.58. The Kier molecular flexibility index (Phi) is 6.43. The van der Waals surface area contributed by atoms with Gasteiger partial charge in [-0.15, -0.1) is 10.2 Å². The molecule has 0 aliphatic rings. The molecule has 1 amide bonds. The maximum Gasteiger partial charge on any atom is 0.272 e. The zero-order valence-electron chi connectivity index (χ0n) is 13.5. The summed E-state index contributed by atoms with van der Waals surface area (Å²) in [4.78, 5) is 18.1. The summed E-state index contributed by atoms with van der Waals surface area (Å²) in [6, 6.07) is 7.15. The Morgan fingerprint density at radius 2 is 1.91 bits per heavy atom. The zero-order chi connectivity index (χ0) is 16.5. The van der Waals surface area contributed by atoms with Crippen LogP contribution in [0.5, 0.6) is 0 Å². The Morgan fingerprint density at radius 3 is 2.57 bits per heavy atom. The van der Waals surface area contributed by atoms with E-state index in [1.54, 1.807) is 24.5 Å². The SMILES string of the molecule is CN(C)CCCNc1ccc(C(=O)NCc2ccncc2)nn1. The number of nitrogens with zero attached hydrogens (tertiary/aromatic N) is 4. The van der Waals surface area contributed by atoms with Gasteiger partial charge in [-0.1, -0.05) is 0 Å². The third-order valence-corrected chi connectivity index (χ3v) is 3.19. The maximum absolute atomic E-state index is 12.0. The molecule has 23 heavy (non-hydrogen) atoms. The molecule has 0 aliphatic carbocycles. The second-order valence-corrected chi connectivity index (χ2v) is 5.43. The number of anilines is 1. The first-order valence-electron chi connectivity index (χ1n) is 7.54. The number of rotatable bonds is 8. The fourth-order valence-corrected chi connectivity index (χ4v) is 1.93. The van der Waals surface area contributed by atoms with Crippen LogP contribution in [0.25, 0.3) is 0 Å². The van der Waals surface area contributed by atoms with Gasteiger partial charge in [0.25, 0.3) is 5.91 Å². The van der Waals surface area contributed by atoms with Crippen LogP contribution in [0.4, 0.5) is 5.82 Å². The van der Waals surface area contributed by atoms with Crippen LogP contribution in [0.3, 0.4) is 0 Å². The molecule has 2 N–H and O–H groups in total. The summed E-state index contributed by atoms with van der Waals surface area (Å²) < 4.78 is 0. The number of nitrogens with one attached hydrogen (secondary N) is 2. The van der Waals surface area contributed by atoms with E-state index in [4.69, 9.17) is 0 Å². The Hall–Kier alpha value is -2.54. The minimum Gasteiger partial charge on any atom is -0.369 e. The second kappa shape index (κ2) is 8.79. The van der Waals surface area contributed by atoms with Gasteiger partial charge in [-0.25, -0.2) is 0 Å². The van der Waals surface area contributed by atoms with Crippen molar-refractivity contribution in [2.24, 2.45) is 0 Å². The van der Waals surface area contributed by atoms with Gasteiger partial charge in [0.2, 0.25) is 0 Å². The van der Waals surface area contributed by atoms with Gasteiger partial charge in [-0.2, -0.15) is 0 Å². The summed E-state index contributed by atoms with van der Waals surface area (Å²) in [5.74, 6) is 0.433. The number of hydrogen-bond acceptors (Lipinski definition) is 6. The molecule has 2 rings (SSSR count). The number of amides is 1. The number of carbonyl (C=O) groups is 1. The highest BCUT2D eigenvalue weighted by Crippen LogP contribution is 2.03. The highest BCUT2D eigenvalue weighted by Gasteiger charge is 2.07. The topological polar surface area (TPSA) is 83.0 Å². The number of pyridine rings is 1. The lowest BCUT2D eigenvalue weighted by molar-refractivity contribution is 0.0945. The summed E-state index contributed by atoms with van der Waals surface area (Å²) in [6.45, 7) is 2.27. The highest BCUT2D eigenvalue weighted by atomic mass is 16.1. The third-order valence-electron chi connectivity index (χ3n) is 3.19. The van der Waals surface area contributed by atoms with E-state index in [0.717, 1.165) is 25.1 Å². The van der Waals surface area contributed by atoms with Crippen molar-refractivity contribution < 1.29 is 4.79 Å². The number of aromatic nitrogens is 3. The fourth-order valence-electron chi connectivity index (χ4n) is 1.93. The fraction of sp³-hybridized carbons (Fsp3) is 0.375. The summed E-state index contributed by atoms with van der Waals surface area (Å²) >= 11 is 0. The number of carbonyl (C=O) groups excluding carboxylic acids is 1. The van der Waals surface area contributed by atoms with Crippen LogP contribution < -0.4 is 10.6 Å². The van der Waals surface area contributed by atoms with Crippen LogP contribution in [-0.4, -0.2) is 53.2 Å². The molecule has 0 unspecified atom stereocenters. The molecule has 122 valence electrons. The molecule has 2 aromatic heterocycles. The largest absolute Gasteiger partial charge is 0.369 e. The van der Waals surface area contributed by atoms with Crippen molar-refractivity contribution in [1.29, 1.82) is 0 Å². The number of hydrogen-bond donors (Lipinski definition) is 2. The lowest BCUT2D eigenvalue weighted by atomic mass is 10.2. The molecule has 7 nitrogen and oxygen atoms in total. The normalized spacial score (nSPS) is 10.6. The predicted molar refractivity (Wildman–Crippen MR) is 89.1 cm³/mol. The van der Waals surface area contributed by atoms with Crippen molar-refractivity contribution in [3.63, 3.8) is 0 Å². The van der Waals surface area contributed by atoms with Crippen molar-refractivity contribution in [3.8, 4) is 0 Å². The molecular formula is C16H22N6O. The molecule has 7 heteroatoms. The molecule has 0 aromatic carbocycles. The Labute approximate surface area is 136 Å². The van der Waals surface area contributed by atoms with Gasteiger partial charge in [0.1, 0.15) is 5.82 Å². The van der Waals surface area contributed by atoms with Crippen molar-refractivity contribution in [3.05, 3.63) is 47.9 Å². The van der Waals surface area contributed by atoms with Crippen molar-refractivity contribution in [1.82, 2.24) is 25.4 Å². The monoisotopic (exact) mass is 314 g/mol. The van der Waals surface area contributed by atoms with E-state index < -0.39 is 0 Å². The van der Waals surface area contributed by atoms with Gasteiger partial charge in [0.05, 0.1) is 0 Å². The van der Waals surface area contributed by atoms with Gasteiger partial charge in [-0.05, 0) is 56.9 Å². The van der Waals surface area contributed by atoms with Crippen LogP contribution in [-0.2, 0) is 6.54 Å².